The van der Waals surface area contributed by atoms with Crippen molar-refractivity contribution in [2.75, 3.05) is 23.8 Å². The predicted octanol–water partition coefficient (Wildman–Crippen LogP) is 2.22. The van der Waals surface area contributed by atoms with E-state index in [1.165, 1.54) is 11.8 Å². The molecule has 1 amide bonds. The molecule has 0 spiro atoms. The first-order valence-electron chi connectivity index (χ1n) is 8.02. The summed E-state index contributed by atoms with van der Waals surface area (Å²) in [5.74, 6) is 1.25. The first-order chi connectivity index (χ1) is 11.4. The van der Waals surface area contributed by atoms with E-state index in [0.29, 0.717) is 30.0 Å². The summed E-state index contributed by atoms with van der Waals surface area (Å²) in [6.45, 7) is 2.59. The summed E-state index contributed by atoms with van der Waals surface area (Å²) >= 11 is 1.50. The third-order valence-electron chi connectivity index (χ3n) is 3.98. The van der Waals surface area contributed by atoms with Gasteiger partial charge in [-0.2, -0.15) is 5.26 Å². The SMILES string of the molecule is CCCN(C(=O)CSCc1cccc(C#N)c1)[C@H]1CCS(=O)(=O)C1. The highest BCUT2D eigenvalue weighted by molar-refractivity contribution is 7.99. The minimum Gasteiger partial charge on any atom is -0.338 e. The lowest BCUT2D eigenvalue weighted by Gasteiger charge is -2.27. The van der Waals surface area contributed by atoms with Crippen molar-refractivity contribution < 1.29 is 13.2 Å². The molecule has 2 rings (SSSR count). The fourth-order valence-corrected chi connectivity index (χ4v) is 5.43. The van der Waals surface area contributed by atoms with E-state index in [1.54, 1.807) is 11.0 Å². The summed E-state index contributed by atoms with van der Waals surface area (Å²) in [5, 5.41) is 8.90. The third-order valence-corrected chi connectivity index (χ3v) is 6.72. The van der Waals surface area contributed by atoms with Crippen molar-refractivity contribution in [3.05, 3.63) is 35.4 Å². The summed E-state index contributed by atoms with van der Waals surface area (Å²) in [6.07, 6.45) is 1.36. The fourth-order valence-electron chi connectivity index (χ4n) is 2.84. The first-order valence-corrected chi connectivity index (χ1v) is 11.0. The quantitative estimate of drug-likeness (QED) is 0.739. The van der Waals surface area contributed by atoms with Gasteiger partial charge in [0, 0.05) is 18.3 Å². The second kappa shape index (κ2) is 8.54. The van der Waals surface area contributed by atoms with Crippen LogP contribution in [0, 0.1) is 11.3 Å². The summed E-state index contributed by atoms with van der Waals surface area (Å²) in [5.41, 5.74) is 1.63. The van der Waals surface area contributed by atoms with E-state index in [9.17, 15) is 13.2 Å². The van der Waals surface area contributed by atoms with Crippen LogP contribution in [0.2, 0.25) is 0 Å². The maximum Gasteiger partial charge on any atom is 0.232 e. The Labute approximate surface area is 148 Å². The molecule has 1 aliphatic heterocycles. The van der Waals surface area contributed by atoms with Gasteiger partial charge in [0.25, 0.3) is 0 Å². The Balaban J connectivity index is 1.90. The Bertz CT molecular complexity index is 726. The highest BCUT2D eigenvalue weighted by Crippen LogP contribution is 2.20. The third kappa shape index (κ3) is 5.25. The van der Waals surface area contributed by atoms with Crippen LogP contribution in [0.5, 0.6) is 0 Å². The molecular weight excluding hydrogens is 344 g/mol. The lowest BCUT2D eigenvalue weighted by atomic mass is 10.2. The van der Waals surface area contributed by atoms with Crippen molar-refractivity contribution in [1.82, 2.24) is 4.90 Å². The van der Waals surface area contributed by atoms with E-state index in [-0.39, 0.29) is 23.5 Å². The Morgan fingerprint density at radius 1 is 1.46 bits per heavy atom. The molecule has 0 aromatic heterocycles. The number of nitrogens with zero attached hydrogens (tertiary/aromatic N) is 2. The van der Waals surface area contributed by atoms with Gasteiger partial charge in [-0.3, -0.25) is 4.79 Å². The first kappa shape index (κ1) is 18.8. The second-order valence-corrected chi connectivity index (χ2v) is 9.16. The van der Waals surface area contributed by atoms with Crippen molar-refractivity contribution in [1.29, 1.82) is 5.26 Å². The van der Waals surface area contributed by atoms with Gasteiger partial charge in [0.1, 0.15) is 0 Å². The van der Waals surface area contributed by atoms with Gasteiger partial charge in [-0.25, -0.2) is 8.42 Å². The topological polar surface area (TPSA) is 78.2 Å². The molecule has 1 aromatic carbocycles. The van der Waals surface area contributed by atoms with Crippen LogP contribution in [0.1, 0.15) is 30.9 Å². The number of carbonyl (C=O) groups is 1. The number of carbonyl (C=O) groups excluding carboxylic acids is 1. The van der Waals surface area contributed by atoms with Crippen molar-refractivity contribution >= 4 is 27.5 Å². The van der Waals surface area contributed by atoms with Gasteiger partial charge in [0.05, 0.1) is 28.9 Å². The maximum absolute atomic E-state index is 12.5. The zero-order valence-electron chi connectivity index (χ0n) is 13.8. The average Bonchev–Trinajstić information content (AvgIpc) is 2.92. The van der Waals surface area contributed by atoms with Crippen LogP contribution in [0.3, 0.4) is 0 Å². The number of thioether (sulfide) groups is 1. The highest BCUT2D eigenvalue weighted by Gasteiger charge is 2.33. The van der Waals surface area contributed by atoms with Crippen LogP contribution in [-0.2, 0) is 20.4 Å². The van der Waals surface area contributed by atoms with Crippen molar-refractivity contribution in [3.63, 3.8) is 0 Å². The van der Waals surface area contributed by atoms with Crippen LogP contribution >= 0.6 is 11.8 Å². The minimum absolute atomic E-state index is 0.000359. The number of sulfone groups is 1. The van der Waals surface area contributed by atoms with Crippen LogP contribution in [0.15, 0.2) is 24.3 Å². The van der Waals surface area contributed by atoms with Gasteiger partial charge >= 0.3 is 0 Å². The molecule has 130 valence electrons. The monoisotopic (exact) mass is 366 g/mol. The van der Waals surface area contributed by atoms with Gasteiger partial charge in [0.2, 0.25) is 5.91 Å². The predicted molar refractivity (Wildman–Crippen MR) is 96.4 cm³/mol. The molecule has 0 saturated carbocycles. The molecule has 1 saturated heterocycles. The zero-order chi connectivity index (χ0) is 17.6. The number of hydrogen-bond acceptors (Lipinski definition) is 5. The molecule has 1 aliphatic rings. The van der Waals surface area contributed by atoms with Crippen LogP contribution in [0.25, 0.3) is 0 Å². The van der Waals surface area contributed by atoms with Gasteiger partial charge in [0.15, 0.2) is 9.84 Å². The molecule has 0 bridgehead atoms. The van der Waals surface area contributed by atoms with Crippen LogP contribution in [-0.4, -0.2) is 49.1 Å². The molecule has 5 nitrogen and oxygen atoms in total. The Morgan fingerprint density at radius 3 is 2.88 bits per heavy atom. The zero-order valence-corrected chi connectivity index (χ0v) is 15.4. The molecule has 1 aromatic rings. The largest absolute Gasteiger partial charge is 0.338 e. The molecule has 7 heteroatoms. The van der Waals surface area contributed by atoms with E-state index < -0.39 is 9.84 Å². The Hall–Kier alpha value is -1.52. The molecule has 24 heavy (non-hydrogen) atoms. The maximum atomic E-state index is 12.5. The summed E-state index contributed by atoms with van der Waals surface area (Å²) in [7, 11) is -2.99. The van der Waals surface area contributed by atoms with Crippen molar-refractivity contribution in [3.8, 4) is 6.07 Å². The number of hydrogen-bond donors (Lipinski definition) is 0. The highest BCUT2D eigenvalue weighted by atomic mass is 32.2. The van der Waals surface area contributed by atoms with Gasteiger partial charge < -0.3 is 4.90 Å². The normalized spacial score (nSPS) is 18.9. The lowest BCUT2D eigenvalue weighted by Crippen LogP contribution is -2.42. The minimum atomic E-state index is -2.99. The summed E-state index contributed by atoms with van der Waals surface area (Å²) in [6, 6.07) is 9.28. The average molecular weight is 367 g/mol. The molecule has 1 fully saturated rings. The van der Waals surface area contributed by atoms with E-state index in [2.05, 4.69) is 6.07 Å². The van der Waals surface area contributed by atoms with Crippen molar-refractivity contribution in [2.24, 2.45) is 0 Å². The van der Waals surface area contributed by atoms with Crippen LogP contribution in [0.4, 0.5) is 0 Å². The smallest absolute Gasteiger partial charge is 0.232 e. The molecule has 0 N–H and O–H groups in total. The molecule has 0 aliphatic carbocycles. The number of nitriles is 1. The molecule has 1 atom stereocenters. The van der Waals surface area contributed by atoms with E-state index in [4.69, 9.17) is 5.26 Å². The number of amides is 1. The summed E-state index contributed by atoms with van der Waals surface area (Å²) < 4.78 is 23.3. The standard InChI is InChI=1S/C17H22N2O3S2/c1-2-7-19(16-6-8-24(21,22)13-16)17(20)12-23-11-15-5-3-4-14(9-15)10-18/h3-5,9,16H,2,6-8,11-13H2,1H3/t16-/m0/s1. The number of benzene rings is 1. The Kier molecular flexibility index (Phi) is 6.69. The second-order valence-electron chi connectivity index (χ2n) is 5.95. The number of rotatable bonds is 7. The van der Waals surface area contributed by atoms with E-state index >= 15 is 0 Å². The molecule has 0 radical (unpaired) electrons. The lowest BCUT2D eigenvalue weighted by molar-refractivity contribution is -0.130. The van der Waals surface area contributed by atoms with Gasteiger partial charge in [-0.1, -0.05) is 19.1 Å². The van der Waals surface area contributed by atoms with Gasteiger partial charge in [-0.05, 0) is 30.5 Å². The molecular formula is C17H22N2O3S2. The van der Waals surface area contributed by atoms with E-state index in [1.807, 2.05) is 25.1 Å². The van der Waals surface area contributed by atoms with E-state index in [0.717, 1.165) is 12.0 Å². The van der Waals surface area contributed by atoms with Crippen LogP contribution < -0.4 is 0 Å². The molecule has 0 unspecified atom stereocenters. The fraction of sp³-hybridized carbons (Fsp3) is 0.529. The molecule has 1 heterocycles. The van der Waals surface area contributed by atoms with Crippen molar-refractivity contribution in [2.45, 2.75) is 31.6 Å². The Morgan fingerprint density at radius 2 is 2.25 bits per heavy atom. The van der Waals surface area contributed by atoms with Gasteiger partial charge in [-0.15, -0.1) is 11.8 Å². The summed E-state index contributed by atoms with van der Waals surface area (Å²) in [4.78, 5) is 14.2.